The van der Waals surface area contributed by atoms with Gasteiger partial charge in [0.05, 0.1) is 26.4 Å². The summed E-state index contributed by atoms with van der Waals surface area (Å²) in [7, 11) is 4.57. The Hall–Kier alpha value is -2.73. The predicted octanol–water partition coefficient (Wildman–Crippen LogP) is 3.72. The molecule has 0 amide bonds. The summed E-state index contributed by atoms with van der Waals surface area (Å²) in [6, 6.07) is 10.2. The quantitative estimate of drug-likeness (QED) is 0.478. The Morgan fingerprint density at radius 1 is 0.963 bits per heavy atom. The van der Waals surface area contributed by atoms with Crippen molar-refractivity contribution in [3.05, 3.63) is 52.5 Å². The third-order valence-corrected chi connectivity index (χ3v) is 4.21. The van der Waals surface area contributed by atoms with Gasteiger partial charge in [0.25, 0.3) is 0 Å². The summed E-state index contributed by atoms with van der Waals surface area (Å²) in [5.41, 5.74) is 1.15. The number of esters is 1. The van der Waals surface area contributed by atoms with Crippen LogP contribution >= 0.6 is 11.6 Å². The topological polar surface area (TPSA) is 71.1 Å². The molecule has 6 nitrogen and oxygen atoms in total. The third kappa shape index (κ3) is 5.37. The van der Waals surface area contributed by atoms with E-state index in [1.165, 1.54) is 21.3 Å². The highest BCUT2D eigenvalue weighted by Gasteiger charge is 2.15. The van der Waals surface area contributed by atoms with Crippen molar-refractivity contribution >= 4 is 23.4 Å². The first-order chi connectivity index (χ1) is 13.0. The fourth-order valence-electron chi connectivity index (χ4n) is 2.51. The molecule has 27 heavy (non-hydrogen) atoms. The zero-order valence-electron chi connectivity index (χ0n) is 15.4. The molecule has 0 unspecified atom stereocenters. The highest BCUT2D eigenvalue weighted by Crippen LogP contribution is 2.38. The van der Waals surface area contributed by atoms with Gasteiger partial charge >= 0.3 is 5.97 Å². The number of hydrogen-bond acceptors (Lipinski definition) is 6. The number of hydrogen-bond donors (Lipinski definition) is 0. The van der Waals surface area contributed by atoms with E-state index in [4.69, 9.17) is 30.5 Å². The van der Waals surface area contributed by atoms with Crippen molar-refractivity contribution in [2.75, 3.05) is 27.9 Å². The first-order valence-electron chi connectivity index (χ1n) is 8.22. The van der Waals surface area contributed by atoms with Crippen LogP contribution in [0.15, 0.2) is 36.4 Å². The number of ketones is 1. The molecule has 0 aromatic heterocycles. The fraction of sp³-hybridized carbons (Fsp3) is 0.300. The fourth-order valence-corrected chi connectivity index (χ4v) is 2.75. The van der Waals surface area contributed by atoms with Gasteiger partial charge in [0.15, 0.2) is 18.1 Å². The summed E-state index contributed by atoms with van der Waals surface area (Å²) in [6.07, 6.45) is 0.504. The maximum Gasteiger partial charge on any atom is 0.306 e. The molecule has 0 aliphatic carbocycles. The molecular weight excluding hydrogens is 372 g/mol. The number of carbonyl (C=O) groups excluding carboxylic acids is 2. The monoisotopic (exact) mass is 392 g/mol. The minimum Gasteiger partial charge on any atom is -0.493 e. The van der Waals surface area contributed by atoms with Gasteiger partial charge in [-0.25, -0.2) is 0 Å². The van der Waals surface area contributed by atoms with E-state index in [0.29, 0.717) is 34.3 Å². The summed E-state index contributed by atoms with van der Waals surface area (Å²) in [6.45, 7) is -0.349. The van der Waals surface area contributed by atoms with Gasteiger partial charge in [0.1, 0.15) is 0 Å². The number of methoxy groups -OCH3 is 3. The van der Waals surface area contributed by atoms with E-state index in [2.05, 4.69) is 0 Å². The molecule has 0 bridgehead atoms. The van der Waals surface area contributed by atoms with Crippen LogP contribution in [0.25, 0.3) is 0 Å². The van der Waals surface area contributed by atoms with Crippen molar-refractivity contribution < 1.29 is 28.5 Å². The second kappa shape index (κ2) is 9.83. The molecule has 0 saturated carbocycles. The van der Waals surface area contributed by atoms with Crippen LogP contribution in [0, 0.1) is 0 Å². The van der Waals surface area contributed by atoms with E-state index in [-0.39, 0.29) is 18.8 Å². The van der Waals surface area contributed by atoms with Crippen molar-refractivity contribution in [1.82, 2.24) is 0 Å². The molecule has 0 fully saturated rings. The lowest BCUT2D eigenvalue weighted by Gasteiger charge is -2.14. The molecule has 0 aliphatic rings. The molecule has 0 radical (unpaired) electrons. The SMILES string of the molecule is COc1cc(CCC(=O)OCC(=O)c2ccccc2Cl)cc(OC)c1OC. The molecule has 2 aromatic rings. The summed E-state index contributed by atoms with van der Waals surface area (Å²) >= 11 is 5.96. The molecular formula is C20H21ClO6. The van der Waals surface area contributed by atoms with Gasteiger partial charge in [-0.05, 0) is 36.2 Å². The zero-order valence-corrected chi connectivity index (χ0v) is 16.2. The van der Waals surface area contributed by atoms with E-state index in [1.54, 1.807) is 36.4 Å². The molecule has 0 atom stereocenters. The highest BCUT2D eigenvalue weighted by atomic mass is 35.5. The van der Waals surface area contributed by atoms with Gasteiger partial charge in [0.2, 0.25) is 11.5 Å². The van der Waals surface area contributed by atoms with Crippen LogP contribution in [0.5, 0.6) is 17.2 Å². The van der Waals surface area contributed by atoms with Crippen LogP contribution < -0.4 is 14.2 Å². The number of rotatable bonds is 9. The predicted molar refractivity (Wildman–Crippen MR) is 101 cm³/mol. The van der Waals surface area contributed by atoms with Gasteiger partial charge in [-0.1, -0.05) is 23.7 Å². The van der Waals surface area contributed by atoms with Gasteiger partial charge in [-0.2, -0.15) is 0 Å². The minimum absolute atomic E-state index is 0.106. The summed E-state index contributed by atoms with van der Waals surface area (Å²) in [5, 5.41) is 0.330. The lowest BCUT2D eigenvalue weighted by molar-refractivity contribution is -0.142. The van der Waals surface area contributed by atoms with Crippen LogP contribution in [-0.4, -0.2) is 39.7 Å². The molecule has 0 spiro atoms. The summed E-state index contributed by atoms with van der Waals surface area (Å²) < 4.78 is 20.9. The van der Waals surface area contributed by atoms with Crippen molar-refractivity contribution in [2.24, 2.45) is 0 Å². The maximum absolute atomic E-state index is 12.1. The second-order valence-corrected chi connectivity index (χ2v) is 6.00. The Morgan fingerprint density at radius 2 is 1.59 bits per heavy atom. The third-order valence-electron chi connectivity index (χ3n) is 3.88. The Kier molecular flexibility index (Phi) is 7.49. The first kappa shape index (κ1) is 20.6. The first-order valence-corrected chi connectivity index (χ1v) is 8.60. The highest BCUT2D eigenvalue weighted by molar-refractivity contribution is 6.34. The van der Waals surface area contributed by atoms with E-state index in [0.717, 1.165) is 5.56 Å². The average Bonchev–Trinajstić information content (AvgIpc) is 2.69. The Labute approximate surface area is 162 Å². The van der Waals surface area contributed by atoms with Crippen LogP contribution in [-0.2, 0) is 16.0 Å². The van der Waals surface area contributed by atoms with Gasteiger partial charge < -0.3 is 18.9 Å². The molecule has 2 rings (SSSR count). The second-order valence-electron chi connectivity index (χ2n) is 5.60. The Bertz CT molecular complexity index is 793. The van der Waals surface area contributed by atoms with E-state index >= 15 is 0 Å². The van der Waals surface area contributed by atoms with Gasteiger partial charge in [0, 0.05) is 12.0 Å². The Balaban J connectivity index is 1.94. The van der Waals surface area contributed by atoms with E-state index < -0.39 is 5.97 Å². The number of Topliss-reactive ketones (excluding diaryl/α,β-unsaturated/α-hetero) is 1. The van der Waals surface area contributed by atoms with Gasteiger partial charge in [-0.3, -0.25) is 9.59 Å². The van der Waals surface area contributed by atoms with Crippen LogP contribution in [0.1, 0.15) is 22.3 Å². The number of carbonyl (C=O) groups is 2. The van der Waals surface area contributed by atoms with Gasteiger partial charge in [-0.15, -0.1) is 0 Å². The number of aryl methyl sites for hydroxylation is 1. The maximum atomic E-state index is 12.1. The molecule has 0 aliphatic heterocycles. The van der Waals surface area contributed by atoms with Crippen molar-refractivity contribution in [2.45, 2.75) is 12.8 Å². The standard InChI is InChI=1S/C20H21ClO6/c1-24-17-10-13(11-18(25-2)20(17)26-3)8-9-19(23)27-12-16(22)14-6-4-5-7-15(14)21/h4-7,10-11H,8-9,12H2,1-3H3. The van der Waals surface area contributed by atoms with Crippen molar-refractivity contribution in [3.63, 3.8) is 0 Å². The zero-order chi connectivity index (χ0) is 19.8. The summed E-state index contributed by atoms with van der Waals surface area (Å²) in [4.78, 5) is 24.0. The van der Waals surface area contributed by atoms with Crippen molar-refractivity contribution in [1.29, 1.82) is 0 Å². The molecule has 0 N–H and O–H groups in total. The number of benzene rings is 2. The summed E-state index contributed by atoms with van der Waals surface area (Å²) in [5.74, 6) is 0.672. The molecule has 0 heterocycles. The Morgan fingerprint density at radius 3 is 2.15 bits per heavy atom. The average molecular weight is 393 g/mol. The van der Waals surface area contributed by atoms with E-state index in [9.17, 15) is 9.59 Å². The molecule has 2 aromatic carbocycles. The van der Waals surface area contributed by atoms with Crippen LogP contribution in [0.3, 0.4) is 0 Å². The molecule has 7 heteroatoms. The smallest absolute Gasteiger partial charge is 0.306 e. The largest absolute Gasteiger partial charge is 0.493 e. The number of halogens is 1. The minimum atomic E-state index is -0.482. The molecule has 0 saturated heterocycles. The molecule has 144 valence electrons. The normalized spacial score (nSPS) is 10.2. The number of ether oxygens (including phenoxy) is 4. The van der Waals surface area contributed by atoms with Crippen LogP contribution in [0.4, 0.5) is 0 Å². The lowest BCUT2D eigenvalue weighted by atomic mass is 10.1. The van der Waals surface area contributed by atoms with Crippen molar-refractivity contribution in [3.8, 4) is 17.2 Å². The van der Waals surface area contributed by atoms with Crippen LogP contribution in [0.2, 0.25) is 5.02 Å². The van der Waals surface area contributed by atoms with E-state index in [1.807, 2.05) is 0 Å². The lowest BCUT2D eigenvalue weighted by Crippen LogP contribution is -2.15.